The van der Waals surface area contributed by atoms with Crippen molar-refractivity contribution in [2.75, 3.05) is 0 Å². The normalized spacial score (nSPS) is 10.7. The van der Waals surface area contributed by atoms with E-state index in [4.69, 9.17) is 16.7 Å². The maximum atomic E-state index is 11.1. The molecule has 1 N–H and O–H groups in total. The number of para-hydroxylation sites is 1. The fourth-order valence-electron chi connectivity index (χ4n) is 1.79. The molecule has 0 fully saturated rings. The van der Waals surface area contributed by atoms with Gasteiger partial charge in [-0.1, -0.05) is 29.8 Å². The van der Waals surface area contributed by atoms with Crippen molar-refractivity contribution >= 4 is 40.2 Å². The standard InChI is InChI=1S/C14H8ClN3O2S/c15-9-5-6-11(18-12(9)14(19)20)21-13-8-3-1-2-4-10(8)16-7-17-13/h1-7H,(H,19,20). The van der Waals surface area contributed by atoms with Gasteiger partial charge in [0.05, 0.1) is 10.5 Å². The zero-order valence-corrected chi connectivity index (χ0v) is 12.1. The van der Waals surface area contributed by atoms with Gasteiger partial charge in [-0.25, -0.2) is 19.7 Å². The lowest BCUT2D eigenvalue weighted by Crippen LogP contribution is -2.02. The molecule has 2 heterocycles. The van der Waals surface area contributed by atoms with Crippen LogP contribution in [0.25, 0.3) is 10.9 Å². The molecule has 21 heavy (non-hydrogen) atoms. The quantitative estimate of drug-likeness (QED) is 0.745. The Kier molecular flexibility index (Phi) is 3.72. The van der Waals surface area contributed by atoms with E-state index < -0.39 is 5.97 Å². The number of pyridine rings is 1. The number of nitrogens with zero attached hydrogens (tertiary/aromatic N) is 3. The Morgan fingerprint density at radius 2 is 1.95 bits per heavy atom. The minimum atomic E-state index is -1.16. The van der Waals surface area contributed by atoms with Crippen LogP contribution < -0.4 is 0 Å². The molecule has 0 aliphatic carbocycles. The maximum Gasteiger partial charge on any atom is 0.356 e. The molecule has 0 unspecified atom stereocenters. The molecule has 3 rings (SSSR count). The molecular weight excluding hydrogens is 310 g/mol. The lowest BCUT2D eigenvalue weighted by molar-refractivity contribution is 0.0690. The Morgan fingerprint density at radius 3 is 2.76 bits per heavy atom. The van der Waals surface area contributed by atoms with Crippen LogP contribution in [-0.4, -0.2) is 26.0 Å². The summed E-state index contributed by atoms with van der Waals surface area (Å²) < 4.78 is 0. The largest absolute Gasteiger partial charge is 0.476 e. The maximum absolute atomic E-state index is 11.1. The number of benzene rings is 1. The SMILES string of the molecule is O=C(O)c1nc(Sc2ncnc3ccccc23)ccc1Cl. The number of rotatable bonds is 3. The van der Waals surface area contributed by atoms with E-state index in [1.54, 1.807) is 6.07 Å². The Hall–Kier alpha value is -2.18. The predicted octanol–water partition coefficient (Wildman–Crippen LogP) is 3.53. The Morgan fingerprint density at radius 1 is 1.14 bits per heavy atom. The summed E-state index contributed by atoms with van der Waals surface area (Å²) in [5.41, 5.74) is 0.655. The van der Waals surface area contributed by atoms with Gasteiger partial charge in [-0.2, -0.15) is 0 Å². The van der Waals surface area contributed by atoms with Crippen molar-refractivity contribution < 1.29 is 9.90 Å². The molecule has 0 atom stereocenters. The first-order valence-corrected chi connectivity index (χ1v) is 7.12. The number of carboxylic acid groups (broad SMARTS) is 1. The third kappa shape index (κ3) is 2.81. The molecule has 0 radical (unpaired) electrons. The molecule has 0 bridgehead atoms. The van der Waals surface area contributed by atoms with E-state index in [1.807, 2.05) is 24.3 Å². The molecule has 0 spiro atoms. The van der Waals surface area contributed by atoms with Crippen molar-refractivity contribution in [1.29, 1.82) is 0 Å². The predicted molar refractivity (Wildman–Crippen MR) is 79.9 cm³/mol. The van der Waals surface area contributed by atoms with Crippen LogP contribution in [0, 0.1) is 0 Å². The summed E-state index contributed by atoms with van der Waals surface area (Å²) in [6.07, 6.45) is 1.47. The van der Waals surface area contributed by atoms with E-state index in [-0.39, 0.29) is 10.7 Å². The van der Waals surface area contributed by atoms with E-state index in [9.17, 15) is 4.79 Å². The van der Waals surface area contributed by atoms with Crippen LogP contribution in [0.5, 0.6) is 0 Å². The molecule has 0 amide bonds. The molecule has 0 saturated heterocycles. The van der Waals surface area contributed by atoms with Crippen molar-refractivity contribution in [2.45, 2.75) is 10.1 Å². The van der Waals surface area contributed by atoms with E-state index >= 15 is 0 Å². The molecule has 0 aliphatic rings. The highest BCUT2D eigenvalue weighted by Crippen LogP contribution is 2.30. The first-order chi connectivity index (χ1) is 10.1. The van der Waals surface area contributed by atoms with Crippen molar-refractivity contribution in [3.8, 4) is 0 Å². The van der Waals surface area contributed by atoms with Gasteiger partial charge in [-0.05, 0) is 30.0 Å². The van der Waals surface area contributed by atoms with Crippen LogP contribution in [0.4, 0.5) is 0 Å². The zero-order valence-electron chi connectivity index (χ0n) is 10.5. The summed E-state index contributed by atoms with van der Waals surface area (Å²) in [5, 5.41) is 11.3. The highest BCUT2D eigenvalue weighted by molar-refractivity contribution is 7.99. The summed E-state index contributed by atoms with van der Waals surface area (Å²) in [4.78, 5) is 23.5. The van der Waals surface area contributed by atoms with Gasteiger partial charge in [0.25, 0.3) is 0 Å². The third-order valence-corrected chi connectivity index (χ3v) is 3.99. The van der Waals surface area contributed by atoms with Gasteiger partial charge in [0.15, 0.2) is 5.69 Å². The average Bonchev–Trinajstić information content (AvgIpc) is 2.49. The molecular formula is C14H8ClN3O2S. The fourth-order valence-corrected chi connectivity index (χ4v) is 2.83. The smallest absolute Gasteiger partial charge is 0.356 e. The van der Waals surface area contributed by atoms with Gasteiger partial charge in [-0.15, -0.1) is 0 Å². The molecule has 1 aromatic carbocycles. The summed E-state index contributed by atoms with van der Waals surface area (Å²) in [7, 11) is 0. The van der Waals surface area contributed by atoms with E-state index in [0.29, 0.717) is 10.1 Å². The summed E-state index contributed by atoms with van der Waals surface area (Å²) in [6.45, 7) is 0. The number of hydrogen-bond acceptors (Lipinski definition) is 5. The Balaban J connectivity index is 2.03. The summed E-state index contributed by atoms with van der Waals surface area (Å²) in [6, 6.07) is 10.8. The second kappa shape index (κ2) is 5.67. The molecule has 0 aliphatic heterocycles. The van der Waals surface area contributed by atoms with E-state index in [1.165, 1.54) is 24.2 Å². The van der Waals surface area contributed by atoms with Gasteiger partial charge < -0.3 is 5.11 Å². The lowest BCUT2D eigenvalue weighted by atomic mass is 10.2. The van der Waals surface area contributed by atoms with Crippen molar-refractivity contribution in [1.82, 2.24) is 15.0 Å². The van der Waals surface area contributed by atoms with Crippen LogP contribution in [-0.2, 0) is 0 Å². The molecule has 7 heteroatoms. The van der Waals surface area contributed by atoms with E-state index in [2.05, 4.69) is 15.0 Å². The molecule has 3 aromatic rings. The second-order valence-corrected chi connectivity index (χ2v) is 5.50. The number of halogens is 1. The minimum Gasteiger partial charge on any atom is -0.476 e. The number of hydrogen-bond donors (Lipinski definition) is 1. The van der Waals surface area contributed by atoms with Gasteiger partial charge in [0.1, 0.15) is 16.4 Å². The monoisotopic (exact) mass is 317 g/mol. The second-order valence-electron chi connectivity index (χ2n) is 4.08. The molecule has 0 saturated carbocycles. The Labute approximate surface area is 129 Å². The zero-order chi connectivity index (χ0) is 14.8. The lowest BCUT2D eigenvalue weighted by Gasteiger charge is -2.05. The first-order valence-electron chi connectivity index (χ1n) is 5.92. The molecule has 5 nitrogen and oxygen atoms in total. The fraction of sp³-hybridized carbons (Fsp3) is 0. The van der Waals surface area contributed by atoms with Crippen molar-refractivity contribution in [3.63, 3.8) is 0 Å². The Bertz CT molecular complexity index is 836. The minimum absolute atomic E-state index is 0.111. The van der Waals surface area contributed by atoms with Crippen molar-refractivity contribution in [3.05, 3.63) is 53.4 Å². The topological polar surface area (TPSA) is 76.0 Å². The van der Waals surface area contributed by atoms with Crippen LogP contribution in [0.3, 0.4) is 0 Å². The number of carboxylic acids is 1. The summed E-state index contributed by atoms with van der Waals surface area (Å²) >= 11 is 7.08. The molecule has 104 valence electrons. The highest BCUT2D eigenvalue weighted by atomic mass is 35.5. The van der Waals surface area contributed by atoms with Gasteiger partial charge >= 0.3 is 5.97 Å². The van der Waals surface area contributed by atoms with Crippen LogP contribution in [0.1, 0.15) is 10.5 Å². The van der Waals surface area contributed by atoms with Gasteiger partial charge in [-0.3, -0.25) is 0 Å². The third-order valence-electron chi connectivity index (χ3n) is 2.73. The van der Waals surface area contributed by atoms with Crippen LogP contribution >= 0.6 is 23.4 Å². The number of carbonyl (C=O) groups is 1. The average molecular weight is 318 g/mol. The first kappa shape index (κ1) is 13.8. The van der Waals surface area contributed by atoms with Crippen LogP contribution in [0.15, 0.2) is 52.8 Å². The van der Waals surface area contributed by atoms with Crippen LogP contribution in [0.2, 0.25) is 5.02 Å². The molecule has 2 aromatic heterocycles. The van der Waals surface area contributed by atoms with Gasteiger partial charge in [0.2, 0.25) is 0 Å². The highest BCUT2D eigenvalue weighted by Gasteiger charge is 2.13. The van der Waals surface area contributed by atoms with E-state index in [0.717, 1.165) is 10.9 Å². The number of fused-ring (bicyclic) bond motifs is 1. The number of aromatic carboxylic acids is 1. The number of aromatic nitrogens is 3. The van der Waals surface area contributed by atoms with Crippen molar-refractivity contribution in [2.24, 2.45) is 0 Å². The van der Waals surface area contributed by atoms with Gasteiger partial charge in [0, 0.05) is 5.39 Å². The summed E-state index contributed by atoms with van der Waals surface area (Å²) in [5.74, 6) is -1.16.